The molecule has 4 heteroatoms. The number of benzene rings is 1. The van der Waals surface area contributed by atoms with Gasteiger partial charge < -0.3 is 15.4 Å². The largest absolute Gasteiger partial charge is 0.372 e. The van der Waals surface area contributed by atoms with Crippen molar-refractivity contribution < 1.29 is 9.53 Å². The first-order chi connectivity index (χ1) is 9.08. The summed E-state index contributed by atoms with van der Waals surface area (Å²) in [5, 5.41) is 6.25. The van der Waals surface area contributed by atoms with Gasteiger partial charge in [-0.25, -0.2) is 0 Å². The monoisotopic (exact) mass is 264 g/mol. The van der Waals surface area contributed by atoms with E-state index in [4.69, 9.17) is 4.74 Å². The van der Waals surface area contributed by atoms with Crippen LogP contribution in [0.15, 0.2) is 24.3 Å². The lowest BCUT2D eigenvalue weighted by Gasteiger charge is -2.15. The zero-order valence-electron chi connectivity index (χ0n) is 12.2. The molecule has 0 aliphatic rings. The highest BCUT2D eigenvalue weighted by Crippen LogP contribution is 2.16. The molecular weight excluding hydrogens is 240 g/mol. The summed E-state index contributed by atoms with van der Waals surface area (Å²) in [5.74, 6) is -0.132. The summed E-state index contributed by atoms with van der Waals surface area (Å²) in [7, 11) is 1.52. The summed E-state index contributed by atoms with van der Waals surface area (Å²) in [6, 6.07) is 8.21. The number of anilines is 1. The van der Waals surface area contributed by atoms with Crippen LogP contribution in [0.5, 0.6) is 0 Å². The molecule has 19 heavy (non-hydrogen) atoms. The van der Waals surface area contributed by atoms with Gasteiger partial charge in [0, 0.05) is 18.8 Å². The maximum atomic E-state index is 11.7. The van der Waals surface area contributed by atoms with Crippen LogP contribution in [0.3, 0.4) is 0 Å². The molecule has 0 aliphatic heterocycles. The molecule has 1 aromatic rings. The van der Waals surface area contributed by atoms with Gasteiger partial charge in [0.2, 0.25) is 0 Å². The fourth-order valence-corrected chi connectivity index (χ4v) is 1.68. The second kappa shape index (κ2) is 7.92. The summed E-state index contributed by atoms with van der Waals surface area (Å²) in [5.41, 5.74) is 2.01. The minimum Gasteiger partial charge on any atom is -0.372 e. The summed E-state index contributed by atoms with van der Waals surface area (Å²) in [4.78, 5) is 11.7. The number of ether oxygens (including phenoxy) is 1. The van der Waals surface area contributed by atoms with E-state index in [1.807, 2.05) is 24.3 Å². The van der Waals surface area contributed by atoms with Crippen LogP contribution in [0.4, 0.5) is 5.69 Å². The highest BCUT2D eigenvalue weighted by atomic mass is 16.5. The van der Waals surface area contributed by atoms with Crippen LogP contribution in [0.2, 0.25) is 0 Å². The number of carbonyl (C=O) groups is 1. The predicted molar refractivity (Wildman–Crippen MR) is 78.3 cm³/mol. The average molecular weight is 264 g/mol. The molecule has 2 unspecified atom stereocenters. The van der Waals surface area contributed by atoms with Crippen molar-refractivity contribution >= 4 is 11.6 Å². The molecule has 0 heterocycles. The third-order valence-corrected chi connectivity index (χ3v) is 3.10. The maximum Gasteiger partial charge on any atom is 0.253 e. The van der Waals surface area contributed by atoms with Crippen LogP contribution in [0, 0.1) is 0 Å². The van der Waals surface area contributed by atoms with Gasteiger partial charge in [-0.1, -0.05) is 19.1 Å². The quantitative estimate of drug-likeness (QED) is 0.796. The summed E-state index contributed by atoms with van der Waals surface area (Å²) in [6.07, 6.45) is 0.678. The molecule has 2 atom stereocenters. The zero-order chi connectivity index (χ0) is 14.3. The number of carbonyl (C=O) groups excluding carboxylic acids is 1. The van der Waals surface area contributed by atoms with Gasteiger partial charge in [-0.3, -0.25) is 4.79 Å². The Morgan fingerprint density at radius 3 is 2.42 bits per heavy atom. The van der Waals surface area contributed by atoms with Crippen molar-refractivity contribution in [2.45, 2.75) is 39.3 Å². The van der Waals surface area contributed by atoms with E-state index in [0.717, 1.165) is 18.7 Å². The Kier molecular flexibility index (Phi) is 6.53. The number of hydrogen-bond acceptors (Lipinski definition) is 3. The maximum absolute atomic E-state index is 11.7. The lowest BCUT2D eigenvalue weighted by molar-refractivity contribution is -0.124. The molecule has 1 aromatic carbocycles. The Hall–Kier alpha value is -1.39. The molecule has 0 spiro atoms. The van der Waals surface area contributed by atoms with Crippen molar-refractivity contribution in [1.82, 2.24) is 5.32 Å². The number of methoxy groups -OCH3 is 1. The van der Waals surface area contributed by atoms with Crippen LogP contribution in [-0.2, 0) is 9.53 Å². The Labute approximate surface area is 115 Å². The smallest absolute Gasteiger partial charge is 0.253 e. The fraction of sp³-hybridized carbons (Fsp3) is 0.533. The van der Waals surface area contributed by atoms with E-state index in [-0.39, 0.29) is 5.91 Å². The van der Waals surface area contributed by atoms with Crippen molar-refractivity contribution in [3.05, 3.63) is 29.8 Å². The molecule has 2 N–H and O–H groups in total. The normalized spacial score (nSPS) is 13.9. The van der Waals surface area contributed by atoms with Crippen LogP contribution in [0.25, 0.3) is 0 Å². The molecule has 106 valence electrons. The van der Waals surface area contributed by atoms with Gasteiger partial charge in [-0.15, -0.1) is 0 Å². The Balaban J connectivity index is 2.58. The van der Waals surface area contributed by atoms with Gasteiger partial charge in [0.15, 0.2) is 0 Å². The van der Waals surface area contributed by atoms with Crippen molar-refractivity contribution in [3.8, 4) is 0 Å². The molecular formula is C15H24N2O2. The van der Waals surface area contributed by atoms with Gasteiger partial charge >= 0.3 is 0 Å². The minimum absolute atomic E-state index is 0.132. The molecule has 0 aliphatic carbocycles. The molecule has 1 rings (SSSR count). The molecule has 1 amide bonds. The minimum atomic E-state index is -0.440. The first-order valence-corrected chi connectivity index (χ1v) is 6.75. The fourth-order valence-electron chi connectivity index (χ4n) is 1.68. The van der Waals surface area contributed by atoms with Crippen molar-refractivity contribution in [2.24, 2.45) is 0 Å². The number of hydrogen-bond donors (Lipinski definition) is 2. The average Bonchev–Trinajstić information content (AvgIpc) is 2.44. The Morgan fingerprint density at radius 2 is 1.89 bits per heavy atom. The van der Waals surface area contributed by atoms with E-state index in [1.165, 1.54) is 12.7 Å². The molecule has 0 bridgehead atoms. The number of amides is 1. The van der Waals surface area contributed by atoms with E-state index in [1.54, 1.807) is 6.92 Å². The molecule has 0 aromatic heterocycles. The lowest BCUT2D eigenvalue weighted by Crippen LogP contribution is -2.26. The molecule has 0 fully saturated rings. The summed E-state index contributed by atoms with van der Waals surface area (Å²) < 4.78 is 4.97. The summed E-state index contributed by atoms with van der Waals surface area (Å²) >= 11 is 0. The second-order valence-corrected chi connectivity index (χ2v) is 4.67. The van der Waals surface area contributed by atoms with E-state index < -0.39 is 6.10 Å². The van der Waals surface area contributed by atoms with E-state index in [9.17, 15) is 4.79 Å². The lowest BCUT2D eigenvalue weighted by atomic mass is 10.1. The second-order valence-electron chi connectivity index (χ2n) is 4.67. The number of rotatable bonds is 7. The topological polar surface area (TPSA) is 50.4 Å². The highest BCUT2D eigenvalue weighted by molar-refractivity contribution is 5.93. The molecule has 0 radical (unpaired) electrons. The zero-order valence-corrected chi connectivity index (χ0v) is 12.2. The van der Waals surface area contributed by atoms with Crippen LogP contribution in [-0.4, -0.2) is 25.7 Å². The van der Waals surface area contributed by atoms with Crippen LogP contribution in [0.1, 0.15) is 38.8 Å². The van der Waals surface area contributed by atoms with Gasteiger partial charge in [-0.05, 0) is 44.5 Å². The van der Waals surface area contributed by atoms with Crippen LogP contribution < -0.4 is 10.6 Å². The third-order valence-electron chi connectivity index (χ3n) is 3.10. The standard InChI is InChI=1S/C15H24N2O2/c1-5-10-16-11(2)13-6-8-14(9-7-13)17-15(18)12(3)19-4/h6-9,11-12,16H,5,10H2,1-4H3,(H,17,18). The van der Waals surface area contributed by atoms with Crippen LogP contribution >= 0.6 is 0 Å². The molecule has 4 nitrogen and oxygen atoms in total. The Morgan fingerprint density at radius 1 is 1.26 bits per heavy atom. The van der Waals surface area contributed by atoms with Crippen molar-refractivity contribution in [3.63, 3.8) is 0 Å². The SMILES string of the molecule is CCCNC(C)c1ccc(NC(=O)C(C)OC)cc1. The number of nitrogens with one attached hydrogen (secondary N) is 2. The third kappa shape index (κ3) is 5.01. The van der Waals surface area contributed by atoms with Gasteiger partial charge in [-0.2, -0.15) is 0 Å². The van der Waals surface area contributed by atoms with Crippen molar-refractivity contribution in [1.29, 1.82) is 0 Å². The highest BCUT2D eigenvalue weighted by Gasteiger charge is 2.11. The van der Waals surface area contributed by atoms with E-state index >= 15 is 0 Å². The van der Waals surface area contributed by atoms with Gasteiger partial charge in [0.25, 0.3) is 5.91 Å². The van der Waals surface area contributed by atoms with E-state index in [2.05, 4.69) is 24.5 Å². The first-order valence-electron chi connectivity index (χ1n) is 6.75. The predicted octanol–water partition coefficient (Wildman–Crippen LogP) is 2.72. The van der Waals surface area contributed by atoms with E-state index in [0.29, 0.717) is 6.04 Å². The Bertz CT molecular complexity index is 390. The van der Waals surface area contributed by atoms with Gasteiger partial charge in [0.1, 0.15) is 6.10 Å². The molecule has 0 saturated carbocycles. The first kappa shape index (κ1) is 15.7. The summed E-state index contributed by atoms with van der Waals surface area (Å²) in [6.45, 7) is 7.01. The van der Waals surface area contributed by atoms with Gasteiger partial charge in [0.05, 0.1) is 0 Å². The molecule has 0 saturated heterocycles. The van der Waals surface area contributed by atoms with Crippen molar-refractivity contribution in [2.75, 3.05) is 19.0 Å².